The molecular weight excluding hydrogens is 288 g/mol. The Morgan fingerprint density at radius 3 is 2.95 bits per heavy atom. The van der Waals surface area contributed by atoms with Crippen molar-refractivity contribution in [2.45, 2.75) is 13.5 Å². The van der Waals surface area contributed by atoms with Crippen molar-refractivity contribution in [2.24, 2.45) is 5.92 Å². The lowest BCUT2D eigenvalue weighted by Crippen LogP contribution is -2.24. The van der Waals surface area contributed by atoms with Crippen LogP contribution in [0.15, 0.2) is 36.7 Å². The Bertz CT molecular complexity index is 683. The fourth-order valence-electron chi connectivity index (χ4n) is 1.88. The highest BCUT2D eigenvalue weighted by Gasteiger charge is 2.16. The minimum absolute atomic E-state index is 0.0968. The zero-order valence-electron chi connectivity index (χ0n) is 12.2. The zero-order chi connectivity index (χ0) is 16.1. The summed E-state index contributed by atoms with van der Waals surface area (Å²) < 4.78 is 6.47. The van der Waals surface area contributed by atoms with Crippen LogP contribution in [0, 0.1) is 16.0 Å². The molecule has 2 aromatic rings. The van der Waals surface area contributed by atoms with Crippen LogP contribution in [-0.4, -0.2) is 27.7 Å². The summed E-state index contributed by atoms with van der Waals surface area (Å²) in [5, 5.41) is 17.2. The number of ether oxygens (including phenoxy) is 1. The van der Waals surface area contributed by atoms with Gasteiger partial charge in [0.15, 0.2) is 0 Å². The maximum absolute atomic E-state index is 12.1. The highest BCUT2D eigenvalue weighted by Crippen LogP contribution is 2.18. The first-order valence-corrected chi connectivity index (χ1v) is 6.61. The first-order chi connectivity index (χ1) is 10.5. The van der Waals surface area contributed by atoms with Crippen molar-refractivity contribution >= 4 is 17.3 Å². The Balaban J connectivity index is 1.97. The molecule has 1 atom stereocenters. The summed E-state index contributed by atoms with van der Waals surface area (Å²) in [4.78, 5) is 22.2. The Hall–Kier alpha value is -2.90. The van der Waals surface area contributed by atoms with Gasteiger partial charge < -0.3 is 10.1 Å². The number of carbonyl (C=O) groups is 1. The number of hydrogen-bond acceptors (Lipinski definition) is 5. The quantitative estimate of drug-likeness (QED) is 0.650. The van der Waals surface area contributed by atoms with Gasteiger partial charge in [0.05, 0.1) is 24.5 Å². The van der Waals surface area contributed by atoms with E-state index in [-0.39, 0.29) is 18.1 Å². The third kappa shape index (κ3) is 3.81. The molecule has 1 unspecified atom stereocenters. The Kier molecular flexibility index (Phi) is 4.72. The number of methoxy groups -OCH3 is 1. The van der Waals surface area contributed by atoms with E-state index in [9.17, 15) is 14.9 Å². The number of rotatable bonds is 6. The van der Waals surface area contributed by atoms with Gasteiger partial charge in [0, 0.05) is 11.8 Å². The molecule has 22 heavy (non-hydrogen) atoms. The summed E-state index contributed by atoms with van der Waals surface area (Å²) in [5.41, 5.74) is 0.531. The van der Waals surface area contributed by atoms with Gasteiger partial charge in [-0.1, -0.05) is 13.0 Å². The van der Waals surface area contributed by atoms with Gasteiger partial charge in [0.25, 0.3) is 0 Å². The Labute approximate surface area is 126 Å². The van der Waals surface area contributed by atoms with Gasteiger partial charge in [-0.25, -0.2) is 0 Å². The van der Waals surface area contributed by atoms with Crippen LogP contribution in [0.4, 0.5) is 11.4 Å². The van der Waals surface area contributed by atoms with Gasteiger partial charge in [-0.15, -0.1) is 0 Å². The number of anilines is 1. The van der Waals surface area contributed by atoms with E-state index in [1.807, 2.05) is 0 Å². The van der Waals surface area contributed by atoms with E-state index in [4.69, 9.17) is 4.74 Å². The molecule has 8 heteroatoms. The van der Waals surface area contributed by atoms with E-state index < -0.39 is 10.8 Å². The van der Waals surface area contributed by atoms with Crippen LogP contribution in [0.5, 0.6) is 5.75 Å². The standard InChI is InChI=1S/C14H16N4O4/c1-10(8-17-9-12(7-15-17)18(20)21)14(19)16-11-4-3-5-13(6-11)22-2/h3-7,9-10H,8H2,1-2H3,(H,16,19). The largest absolute Gasteiger partial charge is 0.497 e. The van der Waals surface area contributed by atoms with E-state index in [2.05, 4.69) is 10.4 Å². The Morgan fingerprint density at radius 2 is 2.32 bits per heavy atom. The number of nitro groups is 1. The smallest absolute Gasteiger partial charge is 0.306 e. The van der Waals surface area contributed by atoms with Crippen molar-refractivity contribution in [1.29, 1.82) is 0 Å². The van der Waals surface area contributed by atoms with Gasteiger partial charge in [-0.3, -0.25) is 19.6 Å². The molecule has 0 aliphatic carbocycles. The monoisotopic (exact) mass is 304 g/mol. The number of aromatic nitrogens is 2. The second kappa shape index (κ2) is 6.70. The molecule has 0 saturated heterocycles. The molecule has 0 aliphatic heterocycles. The van der Waals surface area contributed by atoms with Gasteiger partial charge >= 0.3 is 5.69 Å². The first-order valence-electron chi connectivity index (χ1n) is 6.61. The zero-order valence-corrected chi connectivity index (χ0v) is 12.2. The molecule has 0 bridgehead atoms. The third-order valence-electron chi connectivity index (χ3n) is 3.08. The molecule has 0 radical (unpaired) electrons. The minimum Gasteiger partial charge on any atom is -0.497 e. The maximum atomic E-state index is 12.1. The molecule has 2 rings (SSSR count). The molecule has 1 heterocycles. The lowest BCUT2D eigenvalue weighted by atomic mass is 10.1. The second-order valence-corrected chi connectivity index (χ2v) is 4.80. The van der Waals surface area contributed by atoms with Crippen LogP contribution < -0.4 is 10.1 Å². The third-order valence-corrected chi connectivity index (χ3v) is 3.08. The van der Waals surface area contributed by atoms with E-state index in [0.717, 1.165) is 6.20 Å². The summed E-state index contributed by atoms with van der Waals surface area (Å²) in [6, 6.07) is 7.02. The van der Waals surface area contributed by atoms with Gasteiger partial charge in [-0.2, -0.15) is 5.10 Å². The molecule has 8 nitrogen and oxygen atoms in total. The topological polar surface area (TPSA) is 99.3 Å². The van der Waals surface area contributed by atoms with E-state index >= 15 is 0 Å². The molecule has 116 valence electrons. The average Bonchev–Trinajstić information content (AvgIpc) is 2.96. The first kappa shape index (κ1) is 15.5. The molecule has 1 amide bonds. The summed E-state index contributed by atoms with van der Waals surface area (Å²) in [6.07, 6.45) is 2.46. The second-order valence-electron chi connectivity index (χ2n) is 4.80. The van der Waals surface area contributed by atoms with Crippen LogP contribution in [0.2, 0.25) is 0 Å². The van der Waals surface area contributed by atoms with Gasteiger partial charge in [0.2, 0.25) is 5.91 Å². The highest BCUT2D eigenvalue weighted by atomic mass is 16.6. The highest BCUT2D eigenvalue weighted by molar-refractivity contribution is 5.92. The summed E-state index contributed by atoms with van der Waals surface area (Å²) in [6.45, 7) is 1.98. The van der Waals surface area contributed by atoms with Crippen molar-refractivity contribution in [2.75, 3.05) is 12.4 Å². The van der Waals surface area contributed by atoms with E-state index in [1.54, 1.807) is 38.3 Å². The maximum Gasteiger partial charge on any atom is 0.306 e. The number of hydrogen-bond donors (Lipinski definition) is 1. The lowest BCUT2D eigenvalue weighted by Gasteiger charge is -2.12. The molecule has 0 aliphatic rings. The van der Waals surface area contributed by atoms with Crippen molar-refractivity contribution in [1.82, 2.24) is 9.78 Å². The van der Waals surface area contributed by atoms with Crippen LogP contribution >= 0.6 is 0 Å². The van der Waals surface area contributed by atoms with Crippen molar-refractivity contribution in [3.05, 3.63) is 46.8 Å². The Morgan fingerprint density at radius 1 is 1.55 bits per heavy atom. The SMILES string of the molecule is COc1cccc(NC(=O)C(C)Cn2cc([N+](=O)[O-])cn2)c1. The number of carbonyl (C=O) groups excluding carboxylic acids is 1. The van der Waals surface area contributed by atoms with Crippen LogP contribution in [0.3, 0.4) is 0 Å². The van der Waals surface area contributed by atoms with E-state index in [1.165, 1.54) is 10.9 Å². The molecule has 0 saturated carbocycles. The predicted octanol–water partition coefficient (Wildman–Crippen LogP) is 2.07. The normalized spacial score (nSPS) is 11.7. The predicted molar refractivity (Wildman–Crippen MR) is 79.7 cm³/mol. The van der Waals surface area contributed by atoms with E-state index in [0.29, 0.717) is 11.4 Å². The fraction of sp³-hybridized carbons (Fsp3) is 0.286. The molecular formula is C14H16N4O4. The minimum atomic E-state index is -0.523. The molecule has 1 aromatic carbocycles. The number of amides is 1. The van der Waals surface area contributed by atoms with Crippen LogP contribution in [0.1, 0.15) is 6.92 Å². The summed E-state index contributed by atoms with van der Waals surface area (Å²) >= 11 is 0. The van der Waals surface area contributed by atoms with Gasteiger partial charge in [-0.05, 0) is 12.1 Å². The fourth-order valence-corrected chi connectivity index (χ4v) is 1.88. The van der Waals surface area contributed by atoms with Crippen molar-refractivity contribution in [3.63, 3.8) is 0 Å². The van der Waals surface area contributed by atoms with Gasteiger partial charge in [0.1, 0.15) is 18.1 Å². The summed E-state index contributed by atoms with van der Waals surface area (Å²) in [7, 11) is 1.55. The molecule has 1 aromatic heterocycles. The van der Waals surface area contributed by atoms with Crippen LogP contribution in [-0.2, 0) is 11.3 Å². The summed E-state index contributed by atoms with van der Waals surface area (Å²) in [5.74, 6) is 0.0465. The number of nitrogens with zero attached hydrogens (tertiary/aromatic N) is 3. The number of benzene rings is 1. The molecule has 0 fully saturated rings. The lowest BCUT2D eigenvalue weighted by molar-refractivity contribution is -0.385. The average molecular weight is 304 g/mol. The molecule has 0 spiro atoms. The van der Waals surface area contributed by atoms with Crippen molar-refractivity contribution < 1.29 is 14.5 Å². The van der Waals surface area contributed by atoms with Crippen LogP contribution in [0.25, 0.3) is 0 Å². The number of nitrogens with one attached hydrogen (secondary N) is 1. The molecule has 1 N–H and O–H groups in total. The van der Waals surface area contributed by atoms with Crippen molar-refractivity contribution in [3.8, 4) is 5.75 Å².